The molecule has 1 aromatic rings. The molecule has 2 rings (SSSR count). The van der Waals surface area contributed by atoms with Crippen LogP contribution in [0.15, 0.2) is 0 Å². The van der Waals surface area contributed by atoms with Crippen LogP contribution in [0.1, 0.15) is 25.8 Å². The third-order valence-corrected chi connectivity index (χ3v) is 2.21. The van der Waals surface area contributed by atoms with E-state index in [0.29, 0.717) is 12.0 Å². The van der Waals surface area contributed by atoms with Crippen molar-refractivity contribution in [3.8, 4) is 0 Å². The molecule has 11 heavy (non-hydrogen) atoms. The predicted molar refractivity (Wildman–Crippen MR) is 39.7 cm³/mol. The number of nitrogens with zero attached hydrogens (tertiary/aromatic N) is 4. The Balaban J connectivity index is 2.20. The summed E-state index contributed by atoms with van der Waals surface area (Å²) in [5.41, 5.74) is 5.53. The molecule has 0 saturated heterocycles. The van der Waals surface area contributed by atoms with Gasteiger partial charge in [-0.2, -0.15) is 0 Å². The number of anilines is 1. The van der Waals surface area contributed by atoms with Gasteiger partial charge in [-0.3, -0.25) is 0 Å². The average molecular weight is 153 g/mol. The number of tetrazole rings is 1. The molecule has 0 aromatic carbocycles. The zero-order valence-electron chi connectivity index (χ0n) is 6.44. The molecule has 0 radical (unpaired) electrons. The Morgan fingerprint density at radius 3 is 2.82 bits per heavy atom. The van der Waals surface area contributed by atoms with Crippen LogP contribution in [0.25, 0.3) is 0 Å². The number of nitrogens with two attached hydrogens (primary N) is 1. The Kier molecular flexibility index (Phi) is 1.30. The van der Waals surface area contributed by atoms with Crippen LogP contribution in [0.4, 0.5) is 5.95 Å². The molecule has 1 saturated carbocycles. The first-order valence-electron chi connectivity index (χ1n) is 3.82. The third-order valence-electron chi connectivity index (χ3n) is 2.21. The van der Waals surface area contributed by atoms with Gasteiger partial charge in [0.15, 0.2) is 0 Å². The molecule has 5 heteroatoms. The molecule has 1 atom stereocenters. The van der Waals surface area contributed by atoms with Crippen molar-refractivity contribution in [3.63, 3.8) is 0 Å². The van der Waals surface area contributed by atoms with Crippen molar-refractivity contribution >= 4 is 5.95 Å². The number of nitrogen functional groups attached to an aromatic ring is 1. The van der Waals surface area contributed by atoms with E-state index in [-0.39, 0.29) is 0 Å². The minimum atomic E-state index is 0.366. The van der Waals surface area contributed by atoms with Crippen molar-refractivity contribution in [1.29, 1.82) is 0 Å². The van der Waals surface area contributed by atoms with Crippen molar-refractivity contribution < 1.29 is 0 Å². The molecule has 2 N–H and O–H groups in total. The second-order valence-electron chi connectivity index (χ2n) is 3.06. The van der Waals surface area contributed by atoms with Crippen LogP contribution < -0.4 is 5.73 Å². The maximum Gasteiger partial charge on any atom is 0.240 e. The summed E-state index contributed by atoms with van der Waals surface area (Å²) in [5.74, 6) is 1.16. The average Bonchev–Trinajstić information content (AvgIpc) is 2.74. The first-order chi connectivity index (χ1) is 5.29. The molecule has 1 unspecified atom stereocenters. The minimum absolute atomic E-state index is 0.366. The van der Waals surface area contributed by atoms with Gasteiger partial charge in [-0.25, -0.2) is 4.68 Å². The van der Waals surface area contributed by atoms with E-state index in [4.69, 9.17) is 5.73 Å². The summed E-state index contributed by atoms with van der Waals surface area (Å²) in [6.45, 7) is 2.10. The lowest BCUT2D eigenvalue weighted by atomic mass is 10.2. The van der Waals surface area contributed by atoms with Gasteiger partial charge in [0.1, 0.15) is 0 Å². The van der Waals surface area contributed by atoms with E-state index in [2.05, 4.69) is 22.4 Å². The van der Waals surface area contributed by atoms with Crippen LogP contribution in [-0.2, 0) is 0 Å². The lowest BCUT2D eigenvalue weighted by molar-refractivity contribution is 0.434. The lowest BCUT2D eigenvalue weighted by Gasteiger charge is -2.08. The zero-order valence-corrected chi connectivity index (χ0v) is 6.44. The molecule has 0 amide bonds. The van der Waals surface area contributed by atoms with Crippen LogP contribution in [0.2, 0.25) is 0 Å². The van der Waals surface area contributed by atoms with Crippen molar-refractivity contribution in [3.05, 3.63) is 0 Å². The SMILES string of the molecule is CC(C1CC1)n1nnnc1N. The van der Waals surface area contributed by atoms with Gasteiger partial charge in [0, 0.05) is 0 Å². The molecule has 1 heterocycles. The van der Waals surface area contributed by atoms with Crippen molar-refractivity contribution in [2.75, 3.05) is 5.73 Å². The monoisotopic (exact) mass is 153 g/mol. The highest BCUT2D eigenvalue weighted by Gasteiger charge is 2.30. The summed E-state index contributed by atoms with van der Waals surface area (Å²) >= 11 is 0. The van der Waals surface area contributed by atoms with Crippen LogP contribution in [0, 0.1) is 5.92 Å². The largest absolute Gasteiger partial charge is 0.367 e. The van der Waals surface area contributed by atoms with Gasteiger partial charge in [0.25, 0.3) is 0 Å². The first-order valence-corrected chi connectivity index (χ1v) is 3.82. The minimum Gasteiger partial charge on any atom is -0.367 e. The number of hydrogen-bond donors (Lipinski definition) is 1. The zero-order chi connectivity index (χ0) is 7.84. The number of hydrogen-bond acceptors (Lipinski definition) is 4. The molecule has 1 aliphatic carbocycles. The van der Waals surface area contributed by atoms with Gasteiger partial charge in [-0.15, -0.1) is 0 Å². The molecule has 0 bridgehead atoms. The van der Waals surface area contributed by atoms with E-state index in [0.717, 1.165) is 5.92 Å². The molecule has 5 nitrogen and oxygen atoms in total. The molecule has 0 spiro atoms. The van der Waals surface area contributed by atoms with Crippen molar-refractivity contribution in [2.45, 2.75) is 25.8 Å². The highest BCUT2D eigenvalue weighted by molar-refractivity contribution is 5.12. The smallest absolute Gasteiger partial charge is 0.240 e. The normalized spacial score (nSPS) is 20.1. The Hall–Kier alpha value is -1.13. The van der Waals surface area contributed by atoms with Crippen LogP contribution in [0.5, 0.6) is 0 Å². The maximum atomic E-state index is 5.53. The Morgan fingerprint density at radius 1 is 1.64 bits per heavy atom. The maximum absolute atomic E-state index is 5.53. The summed E-state index contributed by atoms with van der Waals surface area (Å²) in [4.78, 5) is 0. The van der Waals surface area contributed by atoms with Gasteiger partial charge in [0.05, 0.1) is 6.04 Å². The van der Waals surface area contributed by atoms with E-state index < -0.39 is 0 Å². The molecule has 1 fully saturated rings. The summed E-state index contributed by atoms with van der Waals surface area (Å²) in [6, 6.07) is 0.366. The van der Waals surface area contributed by atoms with E-state index in [1.807, 2.05) is 0 Å². The number of aromatic nitrogens is 4. The van der Waals surface area contributed by atoms with E-state index >= 15 is 0 Å². The fourth-order valence-corrected chi connectivity index (χ4v) is 1.27. The van der Waals surface area contributed by atoms with Crippen LogP contribution in [-0.4, -0.2) is 20.2 Å². The van der Waals surface area contributed by atoms with Gasteiger partial charge in [-0.05, 0) is 36.1 Å². The fourth-order valence-electron chi connectivity index (χ4n) is 1.27. The Labute approximate surface area is 64.6 Å². The lowest BCUT2D eigenvalue weighted by Crippen LogP contribution is -2.12. The van der Waals surface area contributed by atoms with Gasteiger partial charge >= 0.3 is 0 Å². The topological polar surface area (TPSA) is 69.6 Å². The van der Waals surface area contributed by atoms with Crippen molar-refractivity contribution in [2.24, 2.45) is 5.92 Å². The fraction of sp³-hybridized carbons (Fsp3) is 0.833. The molecule has 1 aromatic heterocycles. The Morgan fingerprint density at radius 2 is 2.36 bits per heavy atom. The van der Waals surface area contributed by atoms with Gasteiger partial charge in [0.2, 0.25) is 5.95 Å². The quantitative estimate of drug-likeness (QED) is 0.660. The summed E-state index contributed by atoms with van der Waals surface area (Å²) < 4.78 is 1.69. The number of rotatable bonds is 2. The van der Waals surface area contributed by atoms with E-state index in [1.54, 1.807) is 4.68 Å². The van der Waals surface area contributed by atoms with Crippen molar-refractivity contribution in [1.82, 2.24) is 20.2 Å². The van der Waals surface area contributed by atoms with Gasteiger partial charge in [-0.1, -0.05) is 5.10 Å². The first kappa shape index (κ1) is 6.57. The van der Waals surface area contributed by atoms with Gasteiger partial charge < -0.3 is 5.73 Å². The third kappa shape index (κ3) is 1.06. The second-order valence-corrected chi connectivity index (χ2v) is 3.06. The molecular weight excluding hydrogens is 142 g/mol. The highest BCUT2D eigenvalue weighted by Crippen LogP contribution is 2.39. The second kappa shape index (κ2) is 2.18. The summed E-state index contributed by atoms with van der Waals surface area (Å²) in [7, 11) is 0. The van der Waals surface area contributed by atoms with Crippen LogP contribution >= 0.6 is 0 Å². The molecular formula is C6H11N5. The van der Waals surface area contributed by atoms with E-state index in [1.165, 1.54) is 12.8 Å². The molecule has 60 valence electrons. The summed E-state index contributed by atoms with van der Waals surface area (Å²) in [6.07, 6.45) is 2.56. The van der Waals surface area contributed by atoms with E-state index in [9.17, 15) is 0 Å². The predicted octanol–water partition coefficient (Wildman–Crippen LogP) is 0.226. The Bertz CT molecular complexity index is 251. The molecule has 1 aliphatic rings. The highest BCUT2D eigenvalue weighted by atomic mass is 15.6. The van der Waals surface area contributed by atoms with Crippen LogP contribution in [0.3, 0.4) is 0 Å². The summed E-state index contributed by atoms with van der Waals surface area (Å²) in [5, 5.41) is 10.9. The standard InChI is InChI=1S/C6H11N5/c1-4(5-2-3-5)11-6(7)8-9-10-11/h4-5H,2-3H2,1H3,(H2,7,8,10). The molecule has 0 aliphatic heterocycles.